The first-order valence-electron chi connectivity index (χ1n) is 10.1. The number of aliphatic hydroxyl groups excluding tert-OH is 1. The van der Waals surface area contributed by atoms with Crippen LogP contribution in [-0.4, -0.2) is 37.0 Å². The average molecular weight is 397 g/mol. The first kappa shape index (κ1) is 22.4. The summed E-state index contributed by atoms with van der Waals surface area (Å²) >= 11 is 0. The van der Waals surface area contributed by atoms with Crippen LogP contribution < -0.4 is 15.4 Å². The van der Waals surface area contributed by atoms with E-state index in [4.69, 9.17) is 20.7 Å². The fourth-order valence-corrected chi connectivity index (χ4v) is 2.95. The monoisotopic (exact) mass is 396 g/mol. The minimum Gasteiger partial charge on any atom is -0.497 e. The standard InChI is InChI=1S/C23H32N4O2/c1-29-21-13-11-20(12-14-21)23(25)27-16-6-4-2-3-5-15-26-22(24)19-9-7-18(17-28)8-10-19/h7-14,28H,2-6,15-17H2,1H3,(H2,24,26)(H2,25,27). The summed E-state index contributed by atoms with van der Waals surface area (Å²) in [6, 6.07) is 14.9. The minimum atomic E-state index is 0.0270. The molecule has 29 heavy (non-hydrogen) atoms. The number of benzene rings is 2. The number of hydrogen-bond acceptors (Lipinski definition) is 4. The van der Waals surface area contributed by atoms with Crippen LogP contribution in [0.5, 0.6) is 5.75 Å². The molecule has 0 aliphatic carbocycles. The Morgan fingerprint density at radius 3 is 1.66 bits per heavy atom. The Bertz CT molecular complexity index is 692. The van der Waals surface area contributed by atoms with Gasteiger partial charge in [0.25, 0.3) is 0 Å². The molecule has 0 aromatic heterocycles. The van der Waals surface area contributed by atoms with Gasteiger partial charge in [-0.25, -0.2) is 0 Å². The third-order valence-corrected chi connectivity index (χ3v) is 4.76. The highest BCUT2D eigenvalue weighted by molar-refractivity contribution is 5.96. The van der Waals surface area contributed by atoms with E-state index in [9.17, 15) is 0 Å². The predicted molar refractivity (Wildman–Crippen MR) is 118 cm³/mol. The normalized spacial score (nSPS) is 10.4. The Hall–Kier alpha value is -2.86. The van der Waals surface area contributed by atoms with Crippen LogP contribution in [0.1, 0.15) is 48.8 Å². The third kappa shape index (κ3) is 7.95. The summed E-state index contributed by atoms with van der Waals surface area (Å²) in [5.74, 6) is 1.67. The molecule has 5 N–H and O–H groups in total. The van der Waals surface area contributed by atoms with Gasteiger partial charge in [-0.15, -0.1) is 0 Å². The van der Waals surface area contributed by atoms with Gasteiger partial charge in [-0.3, -0.25) is 10.8 Å². The maximum Gasteiger partial charge on any atom is 0.125 e. The Morgan fingerprint density at radius 2 is 1.21 bits per heavy atom. The van der Waals surface area contributed by atoms with Gasteiger partial charge in [0, 0.05) is 24.2 Å². The van der Waals surface area contributed by atoms with E-state index in [1.807, 2.05) is 48.5 Å². The zero-order valence-electron chi connectivity index (χ0n) is 17.1. The third-order valence-electron chi connectivity index (χ3n) is 4.76. The summed E-state index contributed by atoms with van der Waals surface area (Å²) in [7, 11) is 1.64. The topological polar surface area (TPSA) is 101 Å². The Kier molecular flexibility index (Phi) is 9.72. The Labute approximate surface area is 173 Å². The van der Waals surface area contributed by atoms with Crippen molar-refractivity contribution in [2.75, 3.05) is 20.2 Å². The van der Waals surface area contributed by atoms with Crippen LogP contribution in [-0.2, 0) is 6.61 Å². The molecule has 0 amide bonds. The molecular weight excluding hydrogens is 364 g/mol. The van der Waals surface area contributed by atoms with E-state index in [1.54, 1.807) is 7.11 Å². The summed E-state index contributed by atoms with van der Waals surface area (Å²) < 4.78 is 5.13. The molecule has 156 valence electrons. The maximum atomic E-state index is 9.05. The van der Waals surface area contributed by atoms with Gasteiger partial charge >= 0.3 is 0 Å². The highest BCUT2D eigenvalue weighted by atomic mass is 16.5. The molecule has 0 spiro atoms. The van der Waals surface area contributed by atoms with Crippen molar-refractivity contribution in [3.8, 4) is 5.75 Å². The molecule has 0 atom stereocenters. The van der Waals surface area contributed by atoms with E-state index in [2.05, 4.69) is 10.6 Å². The number of aliphatic hydroxyl groups is 1. The van der Waals surface area contributed by atoms with Gasteiger partial charge in [-0.2, -0.15) is 0 Å². The van der Waals surface area contributed by atoms with E-state index >= 15 is 0 Å². The summed E-state index contributed by atoms with van der Waals surface area (Å²) in [6.07, 6.45) is 5.48. The molecule has 0 heterocycles. The van der Waals surface area contributed by atoms with Crippen molar-refractivity contribution in [2.24, 2.45) is 0 Å². The van der Waals surface area contributed by atoms with E-state index in [1.165, 1.54) is 0 Å². The van der Waals surface area contributed by atoms with Gasteiger partial charge in [-0.1, -0.05) is 43.5 Å². The number of amidine groups is 2. The summed E-state index contributed by atoms with van der Waals surface area (Å²) in [6.45, 7) is 1.62. The summed E-state index contributed by atoms with van der Waals surface area (Å²) in [5, 5.41) is 31.5. The van der Waals surface area contributed by atoms with Crippen LogP contribution in [0.25, 0.3) is 0 Å². The first-order chi connectivity index (χ1) is 14.1. The van der Waals surface area contributed by atoms with Crippen LogP contribution in [0, 0.1) is 10.8 Å². The zero-order chi connectivity index (χ0) is 20.9. The smallest absolute Gasteiger partial charge is 0.125 e. The second-order valence-electron chi connectivity index (χ2n) is 6.95. The van der Waals surface area contributed by atoms with Gasteiger partial charge in [0.2, 0.25) is 0 Å². The molecule has 0 radical (unpaired) electrons. The molecule has 0 unspecified atom stereocenters. The molecule has 0 aliphatic heterocycles. The van der Waals surface area contributed by atoms with E-state index in [0.29, 0.717) is 11.7 Å². The first-order valence-corrected chi connectivity index (χ1v) is 10.1. The Balaban J connectivity index is 1.49. The summed E-state index contributed by atoms with van der Waals surface area (Å²) in [4.78, 5) is 0. The van der Waals surface area contributed by atoms with Crippen LogP contribution in [0.15, 0.2) is 48.5 Å². The molecule has 0 bridgehead atoms. The zero-order valence-corrected chi connectivity index (χ0v) is 17.1. The quantitative estimate of drug-likeness (QED) is 0.215. The second-order valence-corrected chi connectivity index (χ2v) is 6.95. The largest absolute Gasteiger partial charge is 0.497 e. The van der Waals surface area contributed by atoms with E-state index < -0.39 is 0 Å². The van der Waals surface area contributed by atoms with Crippen LogP contribution in [0.2, 0.25) is 0 Å². The van der Waals surface area contributed by atoms with Crippen molar-refractivity contribution in [3.63, 3.8) is 0 Å². The number of rotatable bonds is 12. The molecule has 6 heteroatoms. The molecule has 0 saturated carbocycles. The second kappa shape index (κ2) is 12.6. The van der Waals surface area contributed by atoms with Gasteiger partial charge in [0.1, 0.15) is 17.4 Å². The lowest BCUT2D eigenvalue weighted by Crippen LogP contribution is -2.24. The number of nitrogens with one attached hydrogen (secondary N) is 4. The van der Waals surface area contributed by atoms with Gasteiger partial charge in [0.15, 0.2) is 0 Å². The highest BCUT2D eigenvalue weighted by Crippen LogP contribution is 2.11. The Morgan fingerprint density at radius 1 is 0.759 bits per heavy atom. The minimum absolute atomic E-state index is 0.0270. The van der Waals surface area contributed by atoms with Crippen molar-refractivity contribution < 1.29 is 9.84 Å². The molecule has 2 aromatic carbocycles. The molecule has 0 saturated heterocycles. The lowest BCUT2D eigenvalue weighted by molar-refractivity contribution is 0.282. The molecule has 2 aromatic rings. The van der Waals surface area contributed by atoms with Crippen LogP contribution in [0.3, 0.4) is 0 Å². The van der Waals surface area contributed by atoms with Crippen molar-refractivity contribution in [1.29, 1.82) is 10.8 Å². The average Bonchev–Trinajstić information content (AvgIpc) is 2.77. The van der Waals surface area contributed by atoms with Crippen LogP contribution in [0.4, 0.5) is 0 Å². The molecule has 0 fully saturated rings. The number of unbranched alkanes of at least 4 members (excludes halogenated alkanes) is 4. The lowest BCUT2D eigenvalue weighted by Gasteiger charge is -2.10. The van der Waals surface area contributed by atoms with Gasteiger partial charge < -0.3 is 20.5 Å². The summed E-state index contributed by atoms with van der Waals surface area (Å²) in [5.41, 5.74) is 2.56. The van der Waals surface area contributed by atoms with Crippen molar-refractivity contribution in [2.45, 2.75) is 38.7 Å². The SMILES string of the molecule is COc1ccc(C(=N)NCCCCCCCNC(=N)c2ccc(CO)cc2)cc1. The fourth-order valence-electron chi connectivity index (χ4n) is 2.95. The van der Waals surface area contributed by atoms with E-state index in [-0.39, 0.29) is 6.61 Å². The van der Waals surface area contributed by atoms with E-state index in [0.717, 1.165) is 67.6 Å². The molecule has 6 nitrogen and oxygen atoms in total. The number of methoxy groups -OCH3 is 1. The maximum absolute atomic E-state index is 9.05. The van der Waals surface area contributed by atoms with Gasteiger partial charge in [0.05, 0.1) is 13.7 Å². The van der Waals surface area contributed by atoms with Crippen molar-refractivity contribution >= 4 is 11.7 Å². The molecular formula is C23H32N4O2. The predicted octanol–water partition coefficient (Wildman–Crippen LogP) is 3.67. The lowest BCUT2D eigenvalue weighted by atomic mass is 10.1. The molecule has 0 aliphatic rings. The highest BCUT2D eigenvalue weighted by Gasteiger charge is 2.02. The number of hydrogen-bond donors (Lipinski definition) is 5. The van der Waals surface area contributed by atoms with Crippen LogP contribution >= 0.6 is 0 Å². The molecule has 2 rings (SSSR count). The van der Waals surface area contributed by atoms with Crippen molar-refractivity contribution in [1.82, 2.24) is 10.6 Å². The van der Waals surface area contributed by atoms with Crippen molar-refractivity contribution in [3.05, 3.63) is 65.2 Å². The van der Waals surface area contributed by atoms with Gasteiger partial charge in [-0.05, 0) is 42.7 Å². The number of ether oxygens (including phenoxy) is 1. The fraction of sp³-hybridized carbons (Fsp3) is 0.391.